The molecule has 27 heavy (non-hydrogen) atoms. The number of para-hydroxylation sites is 1. The SMILES string of the molecule is Cc1cc(C)nc(SCC(=O)Nc2nc(-c3c[nH]c4ccccc34)cs2)n1. The number of thiazole rings is 1. The number of carbonyl (C=O) groups excluding carboxylic acids is 1. The standard InChI is InChI=1S/C19H17N5OS2/c1-11-7-12(2)22-18(21-11)27-10-17(25)24-19-23-16(9-26-19)14-8-20-15-6-4-3-5-13(14)15/h3-9,20H,10H2,1-2H3,(H,23,24,25). The maximum Gasteiger partial charge on any atom is 0.236 e. The number of fused-ring (bicyclic) bond motifs is 1. The molecule has 3 aromatic heterocycles. The number of aryl methyl sites for hydroxylation is 2. The molecule has 0 atom stereocenters. The van der Waals surface area contributed by atoms with Gasteiger partial charge in [-0.3, -0.25) is 4.79 Å². The van der Waals surface area contributed by atoms with Crippen molar-refractivity contribution in [2.75, 3.05) is 11.1 Å². The fraction of sp³-hybridized carbons (Fsp3) is 0.158. The number of H-pyrrole nitrogens is 1. The number of nitrogens with one attached hydrogen (secondary N) is 2. The molecule has 3 heterocycles. The molecule has 2 N–H and O–H groups in total. The van der Waals surface area contributed by atoms with Gasteiger partial charge in [0, 0.05) is 39.4 Å². The Morgan fingerprint density at radius 3 is 2.78 bits per heavy atom. The number of hydrogen-bond acceptors (Lipinski definition) is 6. The summed E-state index contributed by atoms with van der Waals surface area (Å²) in [6, 6.07) is 9.98. The van der Waals surface area contributed by atoms with Crippen molar-refractivity contribution in [2.45, 2.75) is 19.0 Å². The molecular formula is C19H17N5OS2. The molecule has 0 aliphatic heterocycles. The molecule has 0 saturated carbocycles. The van der Waals surface area contributed by atoms with E-state index in [1.54, 1.807) is 0 Å². The van der Waals surface area contributed by atoms with Crippen LogP contribution in [0.25, 0.3) is 22.2 Å². The number of hydrogen-bond donors (Lipinski definition) is 2. The average molecular weight is 396 g/mol. The third-order valence-corrected chi connectivity index (χ3v) is 5.51. The lowest BCUT2D eigenvalue weighted by atomic mass is 10.1. The molecule has 1 amide bonds. The maximum atomic E-state index is 12.2. The highest BCUT2D eigenvalue weighted by Crippen LogP contribution is 2.31. The van der Waals surface area contributed by atoms with E-state index in [4.69, 9.17) is 0 Å². The average Bonchev–Trinajstić information content (AvgIpc) is 3.25. The van der Waals surface area contributed by atoms with Crippen LogP contribution in [0.3, 0.4) is 0 Å². The summed E-state index contributed by atoms with van der Waals surface area (Å²) in [6.07, 6.45) is 1.94. The summed E-state index contributed by atoms with van der Waals surface area (Å²) in [5.41, 5.74) is 4.73. The minimum Gasteiger partial charge on any atom is -0.360 e. The highest BCUT2D eigenvalue weighted by molar-refractivity contribution is 7.99. The number of rotatable bonds is 5. The molecule has 8 heteroatoms. The Morgan fingerprint density at radius 2 is 1.96 bits per heavy atom. The second-order valence-electron chi connectivity index (χ2n) is 6.06. The van der Waals surface area contributed by atoms with Crippen molar-refractivity contribution in [1.82, 2.24) is 19.9 Å². The van der Waals surface area contributed by atoms with Crippen LogP contribution in [0.4, 0.5) is 5.13 Å². The quantitative estimate of drug-likeness (QED) is 0.386. The molecule has 0 spiro atoms. The Hall–Kier alpha value is -2.71. The van der Waals surface area contributed by atoms with Crippen molar-refractivity contribution in [3.63, 3.8) is 0 Å². The van der Waals surface area contributed by atoms with Gasteiger partial charge in [-0.05, 0) is 26.0 Å². The molecule has 0 aliphatic rings. The number of aromatic amines is 1. The Labute approximate surface area is 164 Å². The Bertz CT molecular complexity index is 1100. The molecule has 4 rings (SSSR count). The second kappa shape index (κ2) is 7.50. The number of amides is 1. The summed E-state index contributed by atoms with van der Waals surface area (Å²) in [4.78, 5) is 28.7. The molecular weight excluding hydrogens is 378 g/mol. The highest BCUT2D eigenvalue weighted by atomic mass is 32.2. The first-order valence-corrected chi connectivity index (χ1v) is 10.2. The molecule has 6 nitrogen and oxygen atoms in total. The zero-order valence-corrected chi connectivity index (χ0v) is 16.4. The van der Waals surface area contributed by atoms with Crippen LogP contribution >= 0.6 is 23.1 Å². The van der Waals surface area contributed by atoms with E-state index in [1.807, 2.05) is 49.7 Å². The molecule has 0 fully saturated rings. The van der Waals surface area contributed by atoms with E-state index in [0.717, 1.165) is 33.5 Å². The van der Waals surface area contributed by atoms with Crippen molar-refractivity contribution in [3.8, 4) is 11.3 Å². The summed E-state index contributed by atoms with van der Waals surface area (Å²) >= 11 is 2.73. The van der Waals surface area contributed by atoms with Gasteiger partial charge in [0.05, 0.1) is 11.4 Å². The third-order valence-electron chi connectivity index (χ3n) is 3.91. The molecule has 0 saturated heterocycles. The Morgan fingerprint density at radius 1 is 1.19 bits per heavy atom. The van der Waals surface area contributed by atoms with Crippen LogP contribution in [0.1, 0.15) is 11.4 Å². The first-order chi connectivity index (χ1) is 13.1. The van der Waals surface area contributed by atoms with Gasteiger partial charge in [0.1, 0.15) is 0 Å². The molecule has 0 unspecified atom stereocenters. The van der Waals surface area contributed by atoms with Gasteiger partial charge in [-0.2, -0.15) is 0 Å². The minimum absolute atomic E-state index is 0.123. The second-order valence-corrected chi connectivity index (χ2v) is 7.86. The van der Waals surface area contributed by atoms with E-state index in [1.165, 1.54) is 23.1 Å². The van der Waals surface area contributed by atoms with Gasteiger partial charge in [-0.25, -0.2) is 15.0 Å². The van der Waals surface area contributed by atoms with E-state index in [9.17, 15) is 4.79 Å². The molecule has 0 bridgehead atoms. The third kappa shape index (κ3) is 4.01. The lowest BCUT2D eigenvalue weighted by Crippen LogP contribution is -2.14. The van der Waals surface area contributed by atoms with Crippen LogP contribution < -0.4 is 5.32 Å². The van der Waals surface area contributed by atoms with E-state index < -0.39 is 0 Å². The molecule has 0 aliphatic carbocycles. The molecule has 0 radical (unpaired) electrons. The number of aromatic nitrogens is 4. The predicted octanol–water partition coefficient (Wildman–Crippen LogP) is 4.43. The normalized spacial score (nSPS) is 11.0. The van der Waals surface area contributed by atoms with Gasteiger partial charge in [0.25, 0.3) is 0 Å². The topological polar surface area (TPSA) is 83.6 Å². The number of nitrogens with zero attached hydrogens (tertiary/aromatic N) is 3. The summed E-state index contributed by atoms with van der Waals surface area (Å²) < 4.78 is 0. The fourth-order valence-electron chi connectivity index (χ4n) is 2.78. The van der Waals surface area contributed by atoms with Gasteiger partial charge in [0.15, 0.2) is 10.3 Å². The van der Waals surface area contributed by atoms with Crippen LogP contribution in [-0.2, 0) is 4.79 Å². The lowest BCUT2D eigenvalue weighted by molar-refractivity contribution is -0.113. The number of anilines is 1. The fourth-order valence-corrected chi connectivity index (χ4v) is 4.26. The molecule has 136 valence electrons. The van der Waals surface area contributed by atoms with Crippen LogP contribution in [0.5, 0.6) is 0 Å². The van der Waals surface area contributed by atoms with E-state index in [-0.39, 0.29) is 11.7 Å². The summed E-state index contributed by atoms with van der Waals surface area (Å²) in [5.74, 6) is 0.118. The summed E-state index contributed by atoms with van der Waals surface area (Å²) in [6.45, 7) is 3.83. The van der Waals surface area contributed by atoms with Crippen molar-refractivity contribution in [1.29, 1.82) is 0 Å². The maximum absolute atomic E-state index is 12.2. The molecule has 1 aromatic carbocycles. The highest BCUT2D eigenvalue weighted by Gasteiger charge is 2.12. The van der Waals surface area contributed by atoms with Crippen LogP contribution in [0.2, 0.25) is 0 Å². The van der Waals surface area contributed by atoms with Gasteiger partial charge in [0.2, 0.25) is 5.91 Å². The monoisotopic (exact) mass is 395 g/mol. The van der Waals surface area contributed by atoms with Crippen molar-refractivity contribution in [3.05, 3.63) is 53.3 Å². The van der Waals surface area contributed by atoms with Crippen molar-refractivity contribution >= 4 is 45.0 Å². The van der Waals surface area contributed by atoms with E-state index in [2.05, 4.69) is 31.3 Å². The van der Waals surface area contributed by atoms with Gasteiger partial charge < -0.3 is 10.3 Å². The zero-order chi connectivity index (χ0) is 18.8. The number of benzene rings is 1. The number of thioether (sulfide) groups is 1. The number of carbonyl (C=O) groups is 1. The van der Waals surface area contributed by atoms with E-state index >= 15 is 0 Å². The van der Waals surface area contributed by atoms with Crippen LogP contribution in [-0.4, -0.2) is 31.6 Å². The predicted molar refractivity (Wildman–Crippen MR) is 110 cm³/mol. The van der Waals surface area contributed by atoms with Crippen LogP contribution in [0, 0.1) is 13.8 Å². The minimum atomic E-state index is -0.123. The Balaban J connectivity index is 1.42. The smallest absolute Gasteiger partial charge is 0.236 e. The van der Waals surface area contributed by atoms with E-state index in [0.29, 0.717) is 10.3 Å². The van der Waals surface area contributed by atoms with Crippen molar-refractivity contribution in [2.24, 2.45) is 0 Å². The summed E-state index contributed by atoms with van der Waals surface area (Å²) in [7, 11) is 0. The van der Waals surface area contributed by atoms with Gasteiger partial charge in [-0.1, -0.05) is 30.0 Å². The lowest BCUT2D eigenvalue weighted by Gasteiger charge is -2.03. The largest absolute Gasteiger partial charge is 0.360 e. The van der Waals surface area contributed by atoms with Crippen molar-refractivity contribution < 1.29 is 4.79 Å². The van der Waals surface area contributed by atoms with Gasteiger partial charge >= 0.3 is 0 Å². The first kappa shape index (κ1) is 17.7. The summed E-state index contributed by atoms with van der Waals surface area (Å²) in [5, 5.41) is 7.12. The zero-order valence-electron chi connectivity index (χ0n) is 14.8. The van der Waals surface area contributed by atoms with Gasteiger partial charge in [-0.15, -0.1) is 11.3 Å². The van der Waals surface area contributed by atoms with Crippen LogP contribution in [0.15, 0.2) is 47.1 Å². The first-order valence-electron chi connectivity index (χ1n) is 8.35. The molecule has 4 aromatic rings. The Kier molecular flexibility index (Phi) is 4.91.